The molecule has 1 fully saturated rings. The van der Waals surface area contributed by atoms with E-state index in [1.165, 1.54) is 0 Å². The molecular weight excluding hydrogens is 192 g/mol. The summed E-state index contributed by atoms with van der Waals surface area (Å²) in [5.74, 6) is 0.240. The second-order valence-electron chi connectivity index (χ2n) is 4.12. The van der Waals surface area contributed by atoms with E-state index in [1.807, 2.05) is 0 Å². The van der Waals surface area contributed by atoms with Gasteiger partial charge in [-0.15, -0.1) is 0 Å². The zero-order valence-electron chi connectivity index (χ0n) is 8.68. The van der Waals surface area contributed by atoms with E-state index in [-0.39, 0.29) is 5.92 Å². The molecule has 0 saturated heterocycles. The first kappa shape index (κ1) is 10.1. The SMILES string of the molecule is CC(Cc1ccnc(C2CC2)n1)C(=O)O. The maximum absolute atomic E-state index is 10.7. The van der Waals surface area contributed by atoms with E-state index in [4.69, 9.17) is 5.11 Å². The number of carbonyl (C=O) groups is 1. The lowest BCUT2D eigenvalue weighted by Gasteiger charge is -2.06. The number of carboxylic acids is 1. The highest BCUT2D eigenvalue weighted by Crippen LogP contribution is 2.37. The van der Waals surface area contributed by atoms with Gasteiger partial charge in [0.15, 0.2) is 0 Å². The van der Waals surface area contributed by atoms with Crippen LogP contribution in [0.1, 0.15) is 37.2 Å². The molecule has 4 nitrogen and oxygen atoms in total. The molecule has 0 bridgehead atoms. The third-order valence-electron chi connectivity index (χ3n) is 2.61. The fraction of sp³-hybridized carbons (Fsp3) is 0.545. The minimum atomic E-state index is -0.776. The molecule has 1 aromatic heterocycles. The molecule has 2 rings (SSSR count). The number of hydrogen-bond acceptors (Lipinski definition) is 3. The van der Waals surface area contributed by atoms with Gasteiger partial charge < -0.3 is 5.11 Å². The number of nitrogens with zero attached hydrogens (tertiary/aromatic N) is 2. The summed E-state index contributed by atoms with van der Waals surface area (Å²) in [5, 5.41) is 8.79. The van der Waals surface area contributed by atoms with Crippen molar-refractivity contribution in [2.24, 2.45) is 5.92 Å². The first-order valence-corrected chi connectivity index (χ1v) is 5.21. The fourth-order valence-corrected chi connectivity index (χ4v) is 1.47. The zero-order valence-corrected chi connectivity index (χ0v) is 8.68. The Morgan fingerprint density at radius 3 is 3.00 bits per heavy atom. The summed E-state index contributed by atoms with van der Waals surface area (Å²) in [6.07, 6.45) is 4.54. The highest BCUT2D eigenvalue weighted by Gasteiger charge is 2.26. The normalized spacial score (nSPS) is 17.4. The van der Waals surface area contributed by atoms with E-state index in [9.17, 15) is 4.79 Å². The van der Waals surface area contributed by atoms with Crippen LogP contribution in [0, 0.1) is 5.92 Å². The van der Waals surface area contributed by atoms with E-state index in [0.29, 0.717) is 12.3 Å². The van der Waals surface area contributed by atoms with Crippen molar-refractivity contribution >= 4 is 5.97 Å². The third-order valence-corrected chi connectivity index (χ3v) is 2.61. The van der Waals surface area contributed by atoms with Gasteiger partial charge in [-0.3, -0.25) is 4.79 Å². The predicted molar refractivity (Wildman–Crippen MR) is 54.5 cm³/mol. The van der Waals surface area contributed by atoms with Gasteiger partial charge in [0.25, 0.3) is 0 Å². The zero-order chi connectivity index (χ0) is 10.8. The van der Waals surface area contributed by atoms with E-state index >= 15 is 0 Å². The van der Waals surface area contributed by atoms with Crippen molar-refractivity contribution in [2.45, 2.75) is 32.1 Å². The molecule has 0 aromatic carbocycles. The Morgan fingerprint density at radius 2 is 2.40 bits per heavy atom. The average molecular weight is 206 g/mol. The van der Waals surface area contributed by atoms with Crippen molar-refractivity contribution in [1.82, 2.24) is 9.97 Å². The molecule has 1 heterocycles. The maximum atomic E-state index is 10.7. The van der Waals surface area contributed by atoms with E-state index in [0.717, 1.165) is 24.4 Å². The van der Waals surface area contributed by atoms with Crippen LogP contribution >= 0.6 is 0 Å². The number of aliphatic carboxylic acids is 1. The van der Waals surface area contributed by atoms with Crippen LogP contribution in [0.25, 0.3) is 0 Å². The molecule has 1 saturated carbocycles. The monoisotopic (exact) mass is 206 g/mol. The van der Waals surface area contributed by atoms with Crippen molar-refractivity contribution < 1.29 is 9.90 Å². The van der Waals surface area contributed by atoms with Crippen LogP contribution < -0.4 is 0 Å². The highest BCUT2D eigenvalue weighted by atomic mass is 16.4. The smallest absolute Gasteiger partial charge is 0.306 e. The minimum Gasteiger partial charge on any atom is -0.481 e. The van der Waals surface area contributed by atoms with Crippen molar-refractivity contribution in [2.75, 3.05) is 0 Å². The highest BCUT2D eigenvalue weighted by molar-refractivity contribution is 5.69. The largest absolute Gasteiger partial charge is 0.481 e. The molecule has 0 spiro atoms. The standard InChI is InChI=1S/C11H14N2O2/c1-7(11(14)15)6-9-4-5-12-10(13-9)8-2-3-8/h4-5,7-8H,2-3,6H2,1H3,(H,14,15). The summed E-state index contributed by atoms with van der Waals surface area (Å²) in [5.41, 5.74) is 0.835. The molecular formula is C11H14N2O2. The van der Waals surface area contributed by atoms with Gasteiger partial charge in [0.1, 0.15) is 5.82 Å². The molecule has 1 unspecified atom stereocenters. The van der Waals surface area contributed by atoms with Gasteiger partial charge in [-0.1, -0.05) is 6.92 Å². The van der Waals surface area contributed by atoms with Gasteiger partial charge in [0, 0.05) is 24.2 Å². The maximum Gasteiger partial charge on any atom is 0.306 e. The molecule has 1 aromatic rings. The topological polar surface area (TPSA) is 63.1 Å². The molecule has 1 aliphatic rings. The van der Waals surface area contributed by atoms with Crippen molar-refractivity contribution in [3.63, 3.8) is 0 Å². The fourth-order valence-electron chi connectivity index (χ4n) is 1.47. The molecule has 4 heteroatoms. The Hall–Kier alpha value is -1.45. The van der Waals surface area contributed by atoms with Crippen molar-refractivity contribution in [1.29, 1.82) is 0 Å². The molecule has 1 N–H and O–H groups in total. The first-order chi connectivity index (χ1) is 7.16. The van der Waals surface area contributed by atoms with E-state index < -0.39 is 5.97 Å². The summed E-state index contributed by atoms with van der Waals surface area (Å²) in [6, 6.07) is 1.80. The predicted octanol–water partition coefficient (Wildman–Crippen LogP) is 1.62. The molecule has 1 aliphatic carbocycles. The summed E-state index contributed by atoms with van der Waals surface area (Å²) in [4.78, 5) is 19.3. The van der Waals surface area contributed by atoms with Crippen LogP contribution in [0.5, 0.6) is 0 Å². The quantitative estimate of drug-likeness (QED) is 0.813. The van der Waals surface area contributed by atoms with Crippen molar-refractivity contribution in [3.8, 4) is 0 Å². The Labute approximate surface area is 88.4 Å². The first-order valence-electron chi connectivity index (χ1n) is 5.21. The van der Waals surface area contributed by atoms with E-state index in [1.54, 1.807) is 19.2 Å². The molecule has 0 aliphatic heterocycles. The van der Waals surface area contributed by atoms with Crippen LogP contribution in [0.2, 0.25) is 0 Å². The molecule has 1 atom stereocenters. The van der Waals surface area contributed by atoms with Crippen LogP contribution in [0.3, 0.4) is 0 Å². The Bertz CT molecular complexity index is 375. The number of carboxylic acid groups (broad SMARTS) is 1. The summed E-state index contributed by atoms with van der Waals surface area (Å²) in [7, 11) is 0. The summed E-state index contributed by atoms with van der Waals surface area (Å²) >= 11 is 0. The van der Waals surface area contributed by atoms with Crippen LogP contribution in [0.4, 0.5) is 0 Å². The summed E-state index contributed by atoms with van der Waals surface area (Å²) < 4.78 is 0. The minimum absolute atomic E-state index is 0.382. The molecule has 0 radical (unpaired) electrons. The van der Waals surface area contributed by atoms with Gasteiger partial charge in [-0.05, 0) is 18.9 Å². The van der Waals surface area contributed by atoms with E-state index in [2.05, 4.69) is 9.97 Å². The Balaban J connectivity index is 2.07. The summed E-state index contributed by atoms with van der Waals surface area (Å²) in [6.45, 7) is 1.70. The molecule has 80 valence electrons. The van der Waals surface area contributed by atoms with Crippen molar-refractivity contribution in [3.05, 3.63) is 23.8 Å². The number of aromatic nitrogens is 2. The second-order valence-corrected chi connectivity index (χ2v) is 4.12. The lowest BCUT2D eigenvalue weighted by Crippen LogP contribution is -2.13. The number of hydrogen-bond donors (Lipinski definition) is 1. The molecule has 15 heavy (non-hydrogen) atoms. The lowest BCUT2D eigenvalue weighted by molar-refractivity contribution is -0.141. The second kappa shape index (κ2) is 3.96. The van der Waals surface area contributed by atoms with Gasteiger partial charge in [0.05, 0.1) is 5.92 Å². The Kier molecular flexibility index (Phi) is 2.66. The van der Waals surface area contributed by atoms with Crippen LogP contribution in [-0.2, 0) is 11.2 Å². The number of rotatable bonds is 4. The van der Waals surface area contributed by atoms with Gasteiger partial charge >= 0.3 is 5.97 Å². The van der Waals surface area contributed by atoms with Crippen LogP contribution in [0.15, 0.2) is 12.3 Å². The van der Waals surface area contributed by atoms with Gasteiger partial charge in [-0.25, -0.2) is 9.97 Å². The van der Waals surface area contributed by atoms with Crippen LogP contribution in [-0.4, -0.2) is 21.0 Å². The van der Waals surface area contributed by atoms with Gasteiger partial charge in [0.2, 0.25) is 0 Å². The Morgan fingerprint density at radius 1 is 1.67 bits per heavy atom. The molecule has 0 amide bonds. The lowest BCUT2D eigenvalue weighted by atomic mass is 10.1. The average Bonchev–Trinajstić information content (AvgIpc) is 3.01. The van der Waals surface area contributed by atoms with Gasteiger partial charge in [-0.2, -0.15) is 0 Å². The third kappa shape index (κ3) is 2.52.